The number of amides is 1. The number of carbonyl (C=O) groups excluding carboxylic acids is 1. The Bertz CT molecular complexity index is 1160. The lowest BCUT2D eigenvalue weighted by molar-refractivity contribution is -0.148. The van der Waals surface area contributed by atoms with Gasteiger partial charge in [0.05, 0.1) is 23.2 Å². The van der Waals surface area contributed by atoms with Crippen LogP contribution < -0.4 is 5.32 Å². The van der Waals surface area contributed by atoms with Crippen molar-refractivity contribution in [2.24, 2.45) is 5.41 Å². The summed E-state index contributed by atoms with van der Waals surface area (Å²) in [5.74, 6) is 2.32. The second-order valence-corrected chi connectivity index (χ2v) is 9.19. The Labute approximate surface area is 192 Å². The van der Waals surface area contributed by atoms with Gasteiger partial charge in [-0.25, -0.2) is 24.9 Å². The maximum Gasteiger partial charge on any atom is 0.230 e. The zero-order chi connectivity index (χ0) is 23.2. The maximum atomic E-state index is 13.3. The highest BCUT2D eigenvalue weighted by Crippen LogP contribution is 2.47. The molecule has 1 aliphatic heterocycles. The minimum Gasteiger partial charge on any atom is -0.372 e. The Kier molecular flexibility index (Phi) is 5.48. The Morgan fingerprint density at radius 3 is 2.48 bits per heavy atom. The SMILES string of the molecule is CCn1c(-c2cnc(C)nc2)nc2c(NCC3(C(=O)N4C[C@@H](C)O[C@@H](C)C4)CC3)ncnc21. The normalized spacial score (nSPS) is 21.9. The first-order chi connectivity index (χ1) is 15.9. The fraction of sp³-hybridized carbons (Fsp3) is 0.565. The fourth-order valence-electron chi connectivity index (χ4n) is 4.64. The Morgan fingerprint density at radius 2 is 1.85 bits per heavy atom. The van der Waals surface area contributed by atoms with Gasteiger partial charge < -0.3 is 19.5 Å². The van der Waals surface area contributed by atoms with E-state index in [9.17, 15) is 4.79 Å². The second kappa shape index (κ2) is 8.33. The fourth-order valence-corrected chi connectivity index (χ4v) is 4.64. The number of aryl methyl sites for hydroxylation is 2. The van der Waals surface area contributed by atoms with Crippen LogP contribution >= 0.6 is 0 Å². The van der Waals surface area contributed by atoms with Crippen molar-refractivity contribution in [2.45, 2.75) is 59.3 Å². The van der Waals surface area contributed by atoms with E-state index in [0.29, 0.717) is 43.3 Å². The largest absolute Gasteiger partial charge is 0.372 e. The lowest BCUT2D eigenvalue weighted by Gasteiger charge is -2.37. The van der Waals surface area contributed by atoms with E-state index in [4.69, 9.17) is 9.72 Å². The van der Waals surface area contributed by atoms with Crippen LogP contribution in [0.25, 0.3) is 22.6 Å². The molecule has 3 aromatic heterocycles. The highest BCUT2D eigenvalue weighted by Gasteiger charge is 2.52. The van der Waals surface area contributed by atoms with Gasteiger partial charge in [0, 0.05) is 38.6 Å². The number of fused-ring (bicyclic) bond motifs is 1. The van der Waals surface area contributed by atoms with E-state index in [1.165, 1.54) is 0 Å². The van der Waals surface area contributed by atoms with E-state index in [0.717, 1.165) is 29.9 Å². The standard InChI is InChI=1S/C23H30N8O2/c1-5-31-20(17-8-24-16(4)25-9-17)29-18-19(27-13-28-21(18)31)26-12-23(6-7-23)22(32)30-10-14(2)33-15(3)11-30/h8-9,13-15H,5-7,10-12H2,1-4H3,(H,26,27,28)/t14-,15+. The number of carbonyl (C=O) groups is 1. The molecule has 10 heteroatoms. The number of imidazole rings is 1. The first-order valence-corrected chi connectivity index (χ1v) is 11.6. The quantitative estimate of drug-likeness (QED) is 0.610. The summed E-state index contributed by atoms with van der Waals surface area (Å²) in [4.78, 5) is 37.7. The third-order valence-corrected chi connectivity index (χ3v) is 6.50. The first-order valence-electron chi connectivity index (χ1n) is 11.6. The Morgan fingerprint density at radius 1 is 1.15 bits per heavy atom. The summed E-state index contributed by atoms with van der Waals surface area (Å²) in [6.45, 7) is 10.5. The molecule has 1 amide bonds. The highest BCUT2D eigenvalue weighted by atomic mass is 16.5. The average Bonchev–Trinajstić information content (AvgIpc) is 3.49. The topological polar surface area (TPSA) is 111 Å². The van der Waals surface area contributed by atoms with Crippen LogP contribution in [0.2, 0.25) is 0 Å². The summed E-state index contributed by atoms with van der Waals surface area (Å²) in [5.41, 5.74) is 1.88. The molecule has 1 N–H and O–H groups in total. The van der Waals surface area contributed by atoms with Gasteiger partial charge in [-0.05, 0) is 40.5 Å². The summed E-state index contributed by atoms with van der Waals surface area (Å²) in [6, 6.07) is 0. The molecule has 1 saturated carbocycles. The van der Waals surface area contributed by atoms with Gasteiger partial charge in [0.1, 0.15) is 18.0 Å². The van der Waals surface area contributed by atoms with Crippen LogP contribution in [-0.2, 0) is 16.1 Å². The molecule has 1 saturated heterocycles. The van der Waals surface area contributed by atoms with Crippen LogP contribution in [0, 0.1) is 12.3 Å². The summed E-state index contributed by atoms with van der Waals surface area (Å²) in [6.07, 6.45) is 6.97. The number of hydrogen-bond acceptors (Lipinski definition) is 8. The lowest BCUT2D eigenvalue weighted by Crippen LogP contribution is -2.51. The Balaban J connectivity index is 1.39. The van der Waals surface area contributed by atoms with Gasteiger partial charge in [-0.15, -0.1) is 0 Å². The molecule has 0 bridgehead atoms. The molecule has 5 rings (SSSR count). The van der Waals surface area contributed by atoms with Crippen LogP contribution in [0.3, 0.4) is 0 Å². The van der Waals surface area contributed by atoms with Crippen molar-refractivity contribution in [1.82, 2.24) is 34.4 Å². The van der Waals surface area contributed by atoms with Crippen LogP contribution in [0.1, 0.15) is 39.4 Å². The maximum absolute atomic E-state index is 13.3. The zero-order valence-corrected chi connectivity index (χ0v) is 19.6. The molecular formula is C23H30N8O2. The minimum absolute atomic E-state index is 0.0603. The van der Waals surface area contributed by atoms with Crippen molar-refractivity contribution in [1.29, 1.82) is 0 Å². The predicted octanol–water partition coefficient (Wildman–Crippen LogP) is 2.44. The van der Waals surface area contributed by atoms with E-state index < -0.39 is 0 Å². The monoisotopic (exact) mass is 450 g/mol. The molecule has 0 spiro atoms. The summed E-state index contributed by atoms with van der Waals surface area (Å²) < 4.78 is 7.83. The van der Waals surface area contributed by atoms with Crippen LogP contribution in [0.4, 0.5) is 5.82 Å². The molecule has 1 aliphatic carbocycles. The number of nitrogens with zero attached hydrogens (tertiary/aromatic N) is 7. The van der Waals surface area contributed by atoms with Crippen molar-refractivity contribution in [3.05, 3.63) is 24.5 Å². The van der Waals surface area contributed by atoms with E-state index in [1.54, 1.807) is 18.7 Å². The molecule has 4 heterocycles. The number of rotatable bonds is 6. The zero-order valence-electron chi connectivity index (χ0n) is 19.6. The van der Waals surface area contributed by atoms with Gasteiger partial charge >= 0.3 is 0 Å². The predicted molar refractivity (Wildman–Crippen MR) is 124 cm³/mol. The van der Waals surface area contributed by atoms with Crippen molar-refractivity contribution in [3.8, 4) is 11.4 Å². The van der Waals surface area contributed by atoms with Crippen LogP contribution in [-0.4, -0.2) is 72.1 Å². The van der Waals surface area contributed by atoms with Gasteiger partial charge in [0.25, 0.3) is 0 Å². The van der Waals surface area contributed by atoms with Crippen molar-refractivity contribution in [2.75, 3.05) is 25.0 Å². The van der Waals surface area contributed by atoms with Gasteiger partial charge in [0.15, 0.2) is 17.0 Å². The number of hydrogen-bond donors (Lipinski definition) is 1. The van der Waals surface area contributed by atoms with Crippen LogP contribution in [0.5, 0.6) is 0 Å². The molecule has 2 atom stereocenters. The summed E-state index contributed by atoms with van der Waals surface area (Å²) >= 11 is 0. The third-order valence-electron chi connectivity index (χ3n) is 6.50. The average molecular weight is 451 g/mol. The van der Waals surface area contributed by atoms with Gasteiger partial charge in [-0.3, -0.25) is 4.79 Å². The number of anilines is 1. The molecular weight excluding hydrogens is 420 g/mol. The van der Waals surface area contributed by atoms with E-state index in [2.05, 4.69) is 32.2 Å². The van der Waals surface area contributed by atoms with E-state index in [-0.39, 0.29) is 23.5 Å². The first kappa shape index (κ1) is 21.7. The molecule has 33 heavy (non-hydrogen) atoms. The number of morpholine rings is 1. The Hall–Kier alpha value is -3.14. The van der Waals surface area contributed by atoms with E-state index >= 15 is 0 Å². The smallest absolute Gasteiger partial charge is 0.230 e. The molecule has 0 unspecified atom stereocenters. The third kappa shape index (κ3) is 4.03. The molecule has 174 valence electrons. The highest BCUT2D eigenvalue weighted by molar-refractivity contribution is 5.88. The van der Waals surface area contributed by atoms with Gasteiger partial charge in [-0.1, -0.05) is 0 Å². The van der Waals surface area contributed by atoms with Gasteiger partial charge in [-0.2, -0.15) is 0 Å². The van der Waals surface area contributed by atoms with Crippen molar-refractivity contribution >= 4 is 22.9 Å². The van der Waals surface area contributed by atoms with Gasteiger partial charge in [0.2, 0.25) is 5.91 Å². The second-order valence-electron chi connectivity index (χ2n) is 9.19. The molecule has 2 fully saturated rings. The number of aromatic nitrogens is 6. The van der Waals surface area contributed by atoms with Crippen molar-refractivity contribution in [3.63, 3.8) is 0 Å². The number of nitrogens with one attached hydrogen (secondary N) is 1. The lowest BCUT2D eigenvalue weighted by atomic mass is 10.0. The van der Waals surface area contributed by atoms with Crippen LogP contribution in [0.15, 0.2) is 18.7 Å². The molecule has 0 radical (unpaired) electrons. The van der Waals surface area contributed by atoms with E-state index in [1.807, 2.05) is 30.2 Å². The molecule has 10 nitrogen and oxygen atoms in total. The summed E-state index contributed by atoms with van der Waals surface area (Å²) in [5, 5.41) is 3.42. The summed E-state index contributed by atoms with van der Waals surface area (Å²) in [7, 11) is 0. The molecule has 2 aliphatic rings. The molecule has 3 aromatic rings. The molecule has 0 aromatic carbocycles. The van der Waals surface area contributed by atoms with Crippen molar-refractivity contribution < 1.29 is 9.53 Å². The number of ether oxygens (including phenoxy) is 1. The minimum atomic E-state index is -0.380.